The molecule has 7 nitrogen and oxygen atoms in total. The largest absolute Gasteiger partial charge is 0.462 e. The van der Waals surface area contributed by atoms with Gasteiger partial charge in [0.25, 0.3) is 5.56 Å². The standard InChI is InChI=1S/C26H26F3N3O4/c1-2-5-21(30)25(35)36-13-16-12-19(23(33)31-16)14-8-9-15-11-22(32-24(34)18(15)10-14)17-6-3-4-7-20(17)26(27,28)29/h3-4,6-11,16,19,21H,2,5,12-13,30H2,1H3,(H,31,33)(H,32,34)/t16-,19-,21+/m1/s1. The van der Waals surface area contributed by atoms with E-state index in [0.29, 0.717) is 23.8 Å². The van der Waals surface area contributed by atoms with Crippen molar-refractivity contribution in [2.24, 2.45) is 5.73 Å². The lowest BCUT2D eigenvalue weighted by molar-refractivity contribution is -0.146. The summed E-state index contributed by atoms with van der Waals surface area (Å²) in [6, 6.07) is 10.3. The second-order valence-corrected chi connectivity index (χ2v) is 8.92. The van der Waals surface area contributed by atoms with Gasteiger partial charge in [-0.3, -0.25) is 14.4 Å². The van der Waals surface area contributed by atoms with Crippen molar-refractivity contribution < 1.29 is 27.5 Å². The number of ether oxygens (including phenoxy) is 1. The van der Waals surface area contributed by atoms with Gasteiger partial charge in [-0.2, -0.15) is 13.2 Å². The Balaban J connectivity index is 1.56. The third-order valence-electron chi connectivity index (χ3n) is 6.31. The first-order chi connectivity index (χ1) is 17.1. The summed E-state index contributed by atoms with van der Waals surface area (Å²) in [5.41, 5.74) is 4.86. The summed E-state index contributed by atoms with van der Waals surface area (Å²) in [5, 5.41) is 3.50. The fraction of sp³-hybridized carbons (Fsp3) is 0.346. The first-order valence-electron chi connectivity index (χ1n) is 11.6. The molecule has 0 unspecified atom stereocenters. The van der Waals surface area contributed by atoms with Crippen LogP contribution in [0.4, 0.5) is 13.2 Å². The van der Waals surface area contributed by atoms with Crippen molar-refractivity contribution in [2.45, 2.75) is 50.4 Å². The zero-order chi connectivity index (χ0) is 26.0. The van der Waals surface area contributed by atoms with E-state index in [1.807, 2.05) is 6.92 Å². The van der Waals surface area contributed by atoms with E-state index in [-0.39, 0.29) is 29.2 Å². The van der Waals surface area contributed by atoms with Gasteiger partial charge < -0.3 is 20.8 Å². The highest BCUT2D eigenvalue weighted by Crippen LogP contribution is 2.37. The Labute approximate surface area is 204 Å². The number of aromatic amines is 1. The van der Waals surface area contributed by atoms with Crippen molar-refractivity contribution in [2.75, 3.05) is 6.61 Å². The predicted molar refractivity (Wildman–Crippen MR) is 128 cm³/mol. The number of carbonyl (C=O) groups is 2. The molecule has 0 bridgehead atoms. The summed E-state index contributed by atoms with van der Waals surface area (Å²) in [5.74, 6) is -1.34. The minimum absolute atomic E-state index is 0.00533. The number of benzene rings is 2. The molecule has 10 heteroatoms. The quantitative estimate of drug-likeness (QED) is 0.426. The number of alkyl halides is 3. The van der Waals surface area contributed by atoms with E-state index in [1.165, 1.54) is 24.3 Å². The van der Waals surface area contributed by atoms with Crippen molar-refractivity contribution in [3.63, 3.8) is 0 Å². The highest BCUT2D eigenvalue weighted by atomic mass is 19.4. The zero-order valence-corrected chi connectivity index (χ0v) is 19.5. The van der Waals surface area contributed by atoms with E-state index >= 15 is 0 Å². The average Bonchev–Trinajstić information content (AvgIpc) is 3.22. The average molecular weight is 502 g/mol. The second-order valence-electron chi connectivity index (χ2n) is 8.92. The van der Waals surface area contributed by atoms with Crippen LogP contribution in [0.1, 0.15) is 43.2 Å². The van der Waals surface area contributed by atoms with Crippen LogP contribution >= 0.6 is 0 Å². The molecule has 2 heterocycles. The molecular weight excluding hydrogens is 475 g/mol. The van der Waals surface area contributed by atoms with Crippen LogP contribution in [0.15, 0.2) is 53.3 Å². The number of aromatic nitrogens is 1. The Morgan fingerprint density at radius 1 is 1.17 bits per heavy atom. The highest BCUT2D eigenvalue weighted by molar-refractivity contribution is 5.90. The number of rotatable bonds is 7. The minimum Gasteiger partial charge on any atom is -0.462 e. The number of pyridine rings is 1. The third-order valence-corrected chi connectivity index (χ3v) is 6.31. The molecule has 0 spiro atoms. The van der Waals surface area contributed by atoms with Crippen LogP contribution in [0.25, 0.3) is 22.0 Å². The zero-order valence-electron chi connectivity index (χ0n) is 19.5. The number of amides is 1. The van der Waals surface area contributed by atoms with Crippen molar-refractivity contribution in [1.82, 2.24) is 10.3 Å². The van der Waals surface area contributed by atoms with Crippen LogP contribution in [0.2, 0.25) is 0 Å². The van der Waals surface area contributed by atoms with Crippen LogP contribution in [0, 0.1) is 0 Å². The smallest absolute Gasteiger partial charge is 0.417 e. The van der Waals surface area contributed by atoms with Crippen molar-refractivity contribution in [3.05, 3.63) is 70.0 Å². The van der Waals surface area contributed by atoms with Gasteiger partial charge in [-0.25, -0.2) is 0 Å². The topological polar surface area (TPSA) is 114 Å². The highest BCUT2D eigenvalue weighted by Gasteiger charge is 2.35. The predicted octanol–water partition coefficient (Wildman–Crippen LogP) is 3.86. The number of carbonyl (C=O) groups excluding carboxylic acids is 2. The Bertz CT molecular complexity index is 1350. The van der Waals surface area contributed by atoms with E-state index < -0.39 is 41.3 Å². The number of nitrogens with one attached hydrogen (secondary N) is 2. The third kappa shape index (κ3) is 5.28. The summed E-state index contributed by atoms with van der Waals surface area (Å²) >= 11 is 0. The Morgan fingerprint density at radius 2 is 1.92 bits per heavy atom. The number of nitrogens with two attached hydrogens (primary N) is 1. The maximum atomic E-state index is 13.5. The summed E-state index contributed by atoms with van der Waals surface area (Å²) in [7, 11) is 0. The summed E-state index contributed by atoms with van der Waals surface area (Å²) in [6.45, 7) is 1.90. The molecule has 1 saturated heterocycles. The summed E-state index contributed by atoms with van der Waals surface area (Å²) in [4.78, 5) is 39.9. The van der Waals surface area contributed by atoms with Crippen LogP contribution in [-0.4, -0.2) is 35.6 Å². The molecule has 4 rings (SSSR count). The van der Waals surface area contributed by atoms with Crippen LogP contribution < -0.4 is 16.6 Å². The lowest BCUT2D eigenvalue weighted by atomic mass is 9.93. The van der Waals surface area contributed by atoms with Crippen molar-refractivity contribution in [3.8, 4) is 11.3 Å². The monoisotopic (exact) mass is 501 g/mol. The van der Waals surface area contributed by atoms with Crippen LogP contribution in [-0.2, 0) is 20.5 Å². The Hall–Kier alpha value is -3.66. The fourth-order valence-corrected chi connectivity index (χ4v) is 4.47. The number of halogens is 3. The number of fused-ring (bicyclic) bond motifs is 1. The van der Waals surface area contributed by atoms with Gasteiger partial charge in [0.1, 0.15) is 12.6 Å². The number of esters is 1. The molecule has 3 atom stereocenters. The molecule has 0 radical (unpaired) electrons. The number of hydrogen-bond acceptors (Lipinski definition) is 5. The number of hydrogen-bond donors (Lipinski definition) is 3. The molecule has 1 aliphatic rings. The fourth-order valence-electron chi connectivity index (χ4n) is 4.47. The summed E-state index contributed by atoms with van der Waals surface area (Å²) in [6.07, 6.45) is -2.97. The first kappa shape index (κ1) is 25.4. The SMILES string of the molecule is CCC[C@H](N)C(=O)OC[C@H]1C[C@H](c2ccc3cc(-c4ccccc4C(F)(F)F)[nH]c(=O)c3c2)C(=O)N1. The molecule has 1 amide bonds. The molecule has 0 aliphatic carbocycles. The summed E-state index contributed by atoms with van der Waals surface area (Å²) < 4.78 is 45.6. The van der Waals surface area contributed by atoms with E-state index in [0.717, 1.165) is 12.5 Å². The molecule has 1 aliphatic heterocycles. The van der Waals surface area contributed by atoms with Gasteiger partial charge in [-0.05, 0) is 42.0 Å². The minimum atomic E-state index is -4.58. The normalized spacial score (nSPS) is 18.8. The van der Waals surface area contributed by atoms with Crippen molar-refractivity contribution >= 4 is 22.6 Å². The Morgan fingerprint density at radius 3 is 2.64 bits per heavy atom. The second kappa shape index (κ2) is 10.1. The van der Waals surface area contributed by atoms with E-state index in [9.17, 15) is 27.6 Å². The molecule has 1 aromatic heterocycles. The van der Waals surface area contributed by atoms with Gasteiger partial charge in [0.15, 0.2) is 0 Å². The maximum absolute atomic E-state index is 13.5. The van der Waals surface area contributed by atoms with Gasteiger partial charge in [0.05, 0.1) is 17.5 Å². The van der Waals surface area contributed by atoms with Gasteiger partial charge in [0, 0.05) is 16.6 Å². The maximum Gasteiger partial charge on any atom is 0.417 e. The molecule has 2 aromatic carbocycles. The Kier molecular flexibility index (Phi) is 7.16. The van der Waals surface area contributed by atoms with Gasteiger partial charge in [-0.1, -0.05) is 43.7 Å². The van der Waals surface area contributed by atoms with Crippen LogP contribution in [0.5, 0.6) is 0 Å². The van der Waals surface area contributed by atoms with Gasteiger partial charge >= 0.3 is 12.1 Å². The van der Waals surface area contributed by atoms with Gasteiger partial charge in [0.2, 0.25) is 5.91 Å². The van der Waals surface area contributed by atoms with E-state index in [4.69, 9.17) is 10.5 Å². The molecule has 1 fully saturated rings. The lowest BCUT2D eigenvalue weighted by Crippen LogP contribution is -2.36. The molecule has 3 aromatic rings. The molecule has 0 saturated carbocycles. The molecule has 190 valence electrons. The van der Waals surface area contributed by atoms with Gasteiger partial charge in [-0.15, -0.1) is 0 Å². The molecular formula is C26H26F3N3O4. The van der Waals surface area contributed by atoms with E-state index in [2.05, 4.69) is 10.3 Å². The first-order valence-corrected chi connectivity index (χ1v) is 11.6. The lowest BCUT2D eigenvalue weighted by Gasteiger charge is -2.14. The molecule has 4 N–H and O–H groups in total. The number of H-pyrrole nitrogens is 1. The van der Waals surface area contributed by atoms with Crippen LogP contribution in [0.3, 0.4) is 0 Å². The van der Waals surface area contributed by atoms with E-state index in [1.54, 1.807) is 18.2 Å². The molecule has 36 heavy (non-hydrogen) atoms. The van der Waals surface area contributed by atoms with Crippen molar-refractivity contribution in [1.29, 1.82) is 0 Å².